The third-order valence-electron chi connectivity index (χ3n) is 7.02. The van der Waals surface area contributed by atoms with Crippen LogP contribution in [0.2, 0.25) is 0 Å². The van der Waals surface area contributed by atoms with Crippen LogP contribution in [0.4, 0.5) is 10.5 Å². The molecule has 0 heterocycles. The number of ether oxygens (including phenoxy) is 1. The number of carbonyl (C=O) groups is 3. The minimum absolute atomic E-state index is 0.0812. The van der Waals surface area contributed by atoms with Gasteiger partial charge in [0, 0.05) is 18.7 Å². The number of benzene rings is 3. The molecule has 0 bridgehead atoms. The standard InChI is InChI=1S/C35H43N3O4/c1-9-20-38(33(40)29(22-27-16-11-10-12-17-27)36-34(41)42-35(6,7)8)31(28-19-18-23(2)26(5)21-28)32(39)37-30-24(3)14-13-15-25(30)4/h9-19,21,29,31H,1,20,22H2,2-8H3,(H,36,41)(H,37,39). The van der Waals surface area contributed by atoms with Gasteiger partial charge in [0.15, 0.2) is 0 Å². The Bertz CT molecular complexity index is 1410. The first-order valence-corrected chi connectivity index (χ1v) is 14.2. The Hall–Kier alpha value is -4.39. The number of rotatable bonds is 10. The van der Waals surface area contributed by atoms with Gasteiger partial charge in [-0.2, -0.15) is 0 Å². The number of amides is 3. The van der Waals surface area contributed by atoms with Crippen LogP contribution in [0.3, 0.4) is 0 Å². The molecule has 3 amide bonds. The lowest BCUT2D eigenvalue weighted by Gasteiger charge is -2.34. The van der Waals surface area contributed by atoms with Crippen LogP contribution >= 0.6 is 0 Å². The summed E-state index contributed by atoms with van der Waals surface area (Å²) in [5.74, 6) is -0.786. The van der Waals surface area contributed by atoms with Crippen molar-refractivity contribution in [1.82, 2.24) is 10.2 Å². The van der Waals surface area contributed by atoms with Gasteiger partial charge >= 0.3 is 6.09 Å². The zero-order valence-electron chi connectivity index (χ0n) is 25.8. The molecule has 7 nitrogen and oxygen atoms in total. The Morgan fingerprint density at radius 1 is 0.881 bits per heavy atom. The van der Waals surface area contributed by atoms with Crippen LogP contribution in [-0.4, -0.2) is 41.0 Å². The molecule has 2 unspecified atom stereocenters. The fourth-order valence-corrected chi connectivity index (χ4v) is 4.77. The van der Waals surface area contributed by atoms with Gasteiger partial charge < -0.3 is 20.3 Å². The average molecular weight is 570 g/mol. The van der Waals surface area contributed by atoms with Crippen LogP contribution in [0, 0.1) is 27.7 Å². The molecular formula is C35H43N3O4. The average Bonchev–Trinajstić information content (AvgIpc) is 2.91. The van der Waals surface area contributed by atoms with E-state index in [-0.39, 0.29) is 18.9 Å². The van der Waals surface area contributed by atoms with Crippen LogP contribution in [-0.2, 0) is 20.7 Å². The molecule has 3 aromatic carbocycles. The van der Waals surface area contributed by atoms with Gasteiger partial charge in [-0.1, -0.05) is 72.8 Å². The van der Waals surface area contributed by atoms with Crippen LogP contribution < -0.4 is 10.6 Å². The fraction of sp³-hybridized carbons (Fsp3) is 0.343. The van der Waals surface area contributed by atoms with Gasteiger partial charge in [-0.25, -0.2) is 4.79 Å². The van der Waals surface area contributed by atoms with Gasteiger partial charge in [-0.3, -0.25) is 9.59 Å². The van der Waals surface area contributed by atoms with E-state index < -0.39 is 29.7 Å². The number of alkyl carbamates (subject to hydrolysis) is 1. The van der Waals surface area contributed by atoms with Crippen molar-refractivity contribution in [2.24, 2.45) is 0 Å². The monoisotopic (exact) mass is 569 g/mol. The maximum absolute atomic E-state index is 14.4. The van der Waals surface area contributed by atoms with Gasteiger partial charge in [0.25, 0.3) is 5.91 Å². The molecule has 42 heavy (non-hydrogen) atoms. The fourth-order valence-electron chi connectivity index (χ4n) is 4.77. The molecular weight excluding hydrogens is 526 g/mol. The molecule has 3 rings (SSSR count). The van der Waals surface area contributed by atoms with E-state index in [2.05, 4.69) is 17.2 Å². The Kier molecular flexibility index (Phi) is 10.7. The van der Waals surface area contributed by atoms with Gasteiger partial charge in [-0.15, -0.1) is 6.58 Å². The van der Waals surface area contributed by atoms with Crippen molar-refractivity contribution in [3.05, 3.63) is 113 Å². The number of anilines is 1. The highest BCUT2D eigenvalue weighted by Crippen LogP contribution is 2.28. The molecule has 0 radical (unpaired) electrons. The largest absolute Gasteiger partial charge is 0.444 e. The number of para-hydroxylation sites is 1. The van der Waals surface area contributed by atoms with E-state index in [1.165, 1.54) is 4.90 Å². The molecule has 222 valence electrons. The normalized spacial score (nSPS) is 12.5. The summed E-state index contributed by atoms with van der Waals surface area (Å²) in [6.45, 7) is 17.1. The van der Waals surface area contributed by atoms with Crippen molar-refractivity contribution in [2.75, 3.05) is 11.9 Å². The summed E-state index contributed by atoms with van der Waals surface area (Å²) < 4.78 is 5.50. The Balaban J connectivity index is 2.09. The van der Waals surface area contributed by atoms with Gasteiger partial charge in [0.05, 0.1) is 0 Å². The lowest BCUT2D eigenvalue weighted by molar-refractivity contribution is -0.140. The highest BCUT2D eigenvalue weighted by Gasteiger charge is 2.36. The van der Waals surface area contributed by atoms with Crippen LogP contribution in [0.25, 0.3) is 0 Å². The summed E-state index contributed by atoms with van der Waals surface area (Å²) in [5, 5.41) is 5.86. The van der Waals surface area contributed by atoms with Crippen LogP contribution in [0.1, 0.15) is 60.2 Å². The minimum Gasteiger partial charge on any atom is -0.444 e. The number of nitrogens with one attached hydrogen (secondary N) is 2. The number of hydrogen-bond acceptors (Lipinski definition) is 4. The molecule has 3 aromatic rings. The van der Waals surface area contributed by atoms with Crippen molar-refractivity contribution in [2.45, 2.75) is 72.6 Å². The molecule has 0 aliphatic rings. The number of nitrogens with zero attached hydrogens (tertiary/aromatic N) is 1. The Morgan fingerprint density at radius 3 is 2.10 bits per heavy atom. The molecule has 0 spiro atoms. The van der Waals surface area contributed by atoms with E-state index in [1.54, 1.807) is 26.8 Å². The second kappa shape index (κ2) is 14.0. The quantitative estimate of drug-likeness (QED) is 0.264. The minimum atomic E-state index is -0.996. The maximum atomic E-state index is 14.4. The SMILES string of the molecule is C=CCN(C(=O)C(Cc1ccccc1)NC(=O)OC(C)(C)C)C(C(=O)Nc1c(C)cccc1C)c1ccc(C)c(C)c1. The topological polar surface area (TPSA) is 87.7 Å². The summed E-state index contributed by atoms with van der Waals surface area (Å²) in [5.41, 5.74) is 5.36. The lowest BCUT2D eigenvalue weighted by Crippen LogP contribution is -2.53. The number of aryl methyl sites for hydroxylation is 4. The molecule has 2 N–H and O–H groups in total. The second-order valence-corrected chi connectivity index (χ2v) is 11.7. The number of hydrogen-bond donors (Lipinski definition) is 2. The first kappa shape index (κ1) is 32.1. The van der Waals surface area contributed by atoms with E-state index in [4.69, 9.17) is 4.74 Å². The molecule has 0 saturated carbocycles. The smallest absolute Gasteiger partial charge is 0.408 e. The Labute approximate surface area is 250 Å². The predicted octanol–water partition coefficient (Wildman–Crippen LogP) is 6.75. The van der Waals surface area contributed by atoms with E-state index in [0.717, 1.165) is 27.8 Å². The lowest BCUT2D eigenvalue weighted by atomic mass is 9.97. The number of carbonyl (C=O) groups excluding carboxylic acids is 3. The van der Waals surface area contributed by atoms with Gasteiger partial charge in [0.1, 0.15) is 17.7 Å². The van der Waals surface area contributed by atoms with E-state index >= 15 is 0 Å². The van der Waals surface area contributed by atoms with E-state index in [9.17, 15) is 14.4 Å². The molecule has 0 saturated heterocycles. The summed E-state index contributed by atoms with van der Waals surface area (Å²) in [6.07, 6.45) is 1.09. The molecule has 0 fully saturated rings. The molecule has 2 atom stereocenters. The molecule has 0 aromatic heterocycles. The highest BCUT2D eigenvalue weighted by atomic mass is 16.6. The zero-order chi connectivity index (χ0) is 31.0. The van der Waals surface area contributed by atoms with Crippen molar-refractivity contribution < 1.29 is 19.1 Å². The zero-order valence-corrected chi connectivity index (χ0v) is 25.8. The van der Waals surface area contributed by atoms with E-state index in [1.807, 2.05) is 94.4 Å². The second-order valence-electron chi connectivity index (χ2n) is 11.7. The summed E-state index contributed by atoms with van der Waals surface area (Å²) >= 11 is 0. The van der Waals surface area contributed by atoms with Crippen molar-refractivity contribution in [3.63, 3.8) is 0 Å². The maximum Gasteiger partial charge on any atom is 0.408 e. The third-order valence-corrected chi connectivity index (χ3v) is 7.02. The Morgan fingerprint density at radius 2 is 1.52 bits per heavy atom. The third kappa shape index (κ3) is 8.56. The van der Waals surface area contributed by atoms with Gasteiger partial charge in [-0.05, 0) is 81.8 Å². The summed E-state index contributed by atoms with van der Waals surface area (Å²) in [6, 6.07) is 19.0. The molecule has 7 heteroatoms. The highest BCUT2D eigenvalue weighted by molar-refractivity contribution is 6.00. The predicted molar refractivity (Wildman–Crippen MR) is 168 cm³/mol. The van der Waals surface area contributed by atoms with Crippen LogP contribution in [0.5, 0.6) is 0 Å². The first-order valence-electron chi connectivity index (χ1n) is 14.2. The molecule has 0 aliphatic heterocycles. The van der Waals surface area contributed by atoms with Crippen molar-refractivity contribution in [1.29, 1.82) is 0 Å². The van der Waals surface area contributed by atoms with Gasteiger partial charge in [0.2, 0.25) is 5.91 Å². The van der Waals surface area contributed by atoms with Crippen LogP contribution in [0.15, 0.2) is 79.4 Å². The first-order chi connectivity index (χ1) is 19.8. The summed E-state index contributed by atoms with van der Waals surface area (Å²) in [4.78, 5) is 43.0. The molecule has 0 aliphatic carbocycles. The van der Waals surface area contributed by atoms with E-state index in [0.29, 0.717) is 11.3 Å². The van der Waals surface area contributed by atoms with Crippen molar-refractivity contribution in [3.8, 4) is 0 Å². The van der Waals surface area contributed by atoms with Crippen molar-refractivity contribution >= 4 is 23.6 Å². The summed E-state index contributed by atoms with van der Waals surface area (Å²) in [7, 11) is 0.